The zero-order valence-electron chi connectivity index (χ0n) is 41.9. The van der Waals surface area contributed by atoms with Gasteiger partial charge >= 0.3 is 0 Å². The van der Waals surface area contributed by atoms with E-state index in [0.717, 1.165) is 51.4 Å². The molecule has 0 radical (unpaired) electrons. The van der Waals surface area contributed by atoms with E-state index in [1.807, 2.05) is 0 Å². The number of carbonyl (C=O) groups is 2. The second-order valence-electron chi connectivity index (χ2n) is 19.6. The molecule has 0 rings (SSSR count). The van der Waals surface area contributed by atoms with Crippen molar-refractivity contribution in [1.29, 1.82) is 0 Å². The second kappa shape index (κ2) is 53.2. The van der Waals surface area contributed by atoms with Gasteiger partial charge in [0.25, 0.3) is 0 Å². The summed E-state index contributed by atoms with van der Waals surface area (Å²) in [7, 11) is 0. The number of ketones is 1. The minimum absolute atomic E-state index is 0.102. The summed E-state index contributed by atoms with van der Waals surface area (Å²) in [6.45, 7) is 4.99. The summed E-state index contributed by atoms with van der Waals surface area (Å²) in [5, 5.41) is 13.2. The Morgan fingerprint density at radius 3 is 0.951 bits per heavy atom. The molecule has 0 bridgehead atoms. The Bertz CT molecular complexity index is 886. The van der Waals surface area contributed by atoms with E-state index in [0.29, 0.717) is 18.7 Å². The first kappa shape index (κ1) is 59.8. The van der Waals surface area contributed by atoms with Crippen molar-refractivity contribution >= 4 is 11.7 Å². The maximum atomic E-state index is 12.3. The van der Waals surface area contributed by atoms with Crippen LogP contribution >= 0.6 is 0 Å². The summed E-state index contributed by atoms with van der Waals surface area (Å²) in [4.78, 5) is 24.5. The van der Waals surface area contributed by atoms with Crippen molar-refractivity contribution in [2.45, 2.75) is 335 Å². The third kappa shape index (κ3) is 53.1. The van der Waals surface area contributed by atoms with Crippen LogP contribution in [0.5, 0.6) is 0 Å². The Morgan fingerprint density at radius 2 is 0.623 bits per heavy atom. The van der Waals surface area contributed by atoms with Crippen LogP contribution < -0.4 is 5.32 Å². The SMILES string of the molecule is CCCCCCCCC=CCCCCCCCCCCCC(=O)CCCCCCCCCCCCCCC(=O)NCC(O)CCCCCCCCCCCCCCCCCC. The minimum Gasteiger partial charge on any atom is -0.391 e. The summed E-state index contributed by atoms with van der Waals surface area (Å²) in [6, 6.07) is 0. The summed E-state index contributed by atoms with van der Waals surface area (Å²) in [5.74, 6) is 0.598. The number of allylic oxidation sites excluding steroid dienone is 2. The van der Waals surface area contributed by atoms with Gasteiger partial charge in [0, 0.05) is 25.8 Å². The number of nitrogens with one attached hydrogen (secondary N) is 1. The lowest BCUT2D eigenvalue weighted by atomic mass is 10.0. The number of aliphatic hydroxyl groups is 1. The number of hydrogen-bond donors (Lipinski definition) is 2. The Hall–Kier alpha value is -1.16. The second-order valence-corrected chi connectivity index (χ2v) is 19.6. The molecule has 0 aromatic heterocycles. The Labute approximate surface area is 383 Å². The smallest absolute Gasteiger partial charge is 0.220 e. The predicted octanol–water partition coefficient (Wildman–Crippen LogP) is 18.7. The number of amides is 1. The zero-order valence-corrected chi connectivity index (χ0v) is 41.9. The highest BCUT2D eigenvalue weighted by atomic mass is 16.3. The molecular weight excluding hydrogens is 747 g/mol. The molecule has 0 aliphatic heterocycles. The summed E-state index contributed by atoms with van der Waals surface area (Å²) < 4.78 is 0. The molecule has 1 unspecified atom stereocenters. The molecule has 0 aromatic carbocycles. The van der Waals surface area contributed by atoms with Crippen LogP contribution in [0.3, 0.4) is 0 Å². The average Bonchev–Trinajstić information content (AvgIpc) is 3.26. The van der Waals surface area contributed by atoms with E-state index in [4.69, 9.17) is 0 Å². The summed E-state index contributed by atoms with van der Waals surface area (Å²) in [5.41, 5.74) is 0. The van der Waals surface area contributed by atoms with Gasteiger partial charge < -0.3 is 10.4 Å². The number of aliphatic hydroxyl groups excluding tert-OH is 1. The molecule has 4 nitrogen and oxygen atoms in total. The number of Topliss-reactive ketones (excluding diaryl/α,β-unsaturated/α-hetero) is 1. The quantitative estimate of drug-likeness (QED) is 0.0473. The zero-order chi connectivity index (χ0) is 44.2. The first-order chi connectivity index (χ1) is 30.1. The van der Waals surface area contributed by atoms with E-state index in [-0.39, 0.29) is 5.91 Å². The fraction of sp³-hybridized carbons (Fsp3) is 0.930. The maximum Gasteiger partial charge on any atom is 0.220 e. The number of carbonyl (C=O) groups excluding carboxylic acids is 2. The van der Waals surface area contributed by atoms with Crippen molar-refractivity contribution in [3.63, 3.8) is 0 Å². The van der Waals surface area contributed by atoms with Crippen LogP contribution in [-0.4, -0.2) is 29.4 Å². The molecule has 0 spiro atoms. The van der Waals surface area contributed by atoms with Crippen molar-refractivity contribution in [2.24, 2.45) is 0 Å². The number of unbranched alkanes of at least 4 members (excludes halogenated alkanes) is 41. The average molecular weight is 859 g/mol. The number of hydrogen-bond acceptors (Lipinski definition) is 3. The first-order valence-corrected chi connectivity index (χ1v) is 28.2. The van der Waals surface area contributed by atoms with Gasteiger partial charge in [-0.2, -0.15) is 0 Å². The molecule has 0 saturated heterocycles. The van der Waals surface area contributed by atoms with Crippen LogP contribution in [0.25, 0.3) is 0 Å². The molecule has 2 N–H and O–H groups in total. The predicted molar refractivity (Wildman–Crippen MR) is 271 cm³/mol. The molecule has 1 atom stereocenters. The van der Waals surface area contributed by atoms with Crippen LogP contribution in [0, 0.1) is 0 Å². The number of rotatable bonds is 53. The normalized spacial score (nSPS) is 12.2. The van der Waals surface area contributed by atoms with Gasteiger partial charge in [-0.05, 0) is 51.4 Å². The van der Waals surface area contributed by atoms with Crippen molar-refractivity contribution in [2.75, 3.05) is 6.54 Å². The Morgan fingerprint density at radius 1 is 0.361 bits per heavy atom. The van der Waals surface area contributed by atoms with Crippen LogP contribution in [0.15, 0.2) is 12.2 Å². The van der Waals surface area contributed by atoms with Gasteiger partial charge in [-0.15, -0.1) is 0 Å². The molecule has 0 heterocycles. The first-order valence-electron chi connectivity index (χ1n) is 28.2. The highest BCUT2D eigenvalue weighted by Crippen LogP contribution is 2.17. The molecule has 0 aromatic rings. The van der Waals surface area contributed by atoms with Crippen molar-refractivity contribution in [1.82, 2.24) is 5.32 Å². The fourth-order valence-electron chi connectivity index (χ4n) is 8.95. The highest BCUT2D eigenvalue weighted by molar-refractivity contribution is 5.78. The third-order valence-electron chi connectivity index (χ3n) is 13.3. The standard InChI is InChI=1S/C57H111NO3/c1-3-5-7-9-11-13-15-17-19-21-22-23-25-26-30-34-38-42-46-50-55(59)51-47-43-39-35-31-28-29-33-37-41-45-49-53-57(61)58-54-56(60)52-48-44-40-36-32-27-24-20-18-16-14-12-10-8-6-4-2/h17,19,56,60H,3-16,18,20-54H2,1-2H3,(H,58,61). The highest BCUT2D eigenvalue weighted by Gasteiger charge is 2.08. The molecule has 1 amide bonds. The van der Waals surface area contributed by atoms with Gasteiger partial charge in [0.15, 0.2) is 0 Å². The monoisotopic (exact) mass is 858 g/mol. The fourth-order valence-corrected chi connectivity index (χ4v) is 8.95. The van der Waals surface area contributed by atoms with Crippen LogP contribution in [0.2, 0.25) is 0 Å². The molecule has 0 aliphatic rings. The van der Waals surface area contributed by atoms with Crippen LogP contribution in [0.1, 0.15) is 328 Å². The molecule has 0 fully saturated rings. The lowest BCUT2D eigenvalue weighted by Gasteiger charge is -2.12. The molecule has 0 saturated carbocycles. The van der Waals surface area contributed by atoms with Crippen molar-refractivity contribution in [3.05, 3.63) is 12.2 Å². The molecule has 362 valence electrons. The topological polar surface area (TPSA) is 66.4 Å². The van der Waals surface area contributed by atoms with Gasteiger partial charge in [0.1, 0.15) is 5.78 Å². The minimum atomic E-state index is -0.401. The van der Waals surface area contributed by atoms with Gasteiger partial charge in [-0.1, -0.05) is 270 Å². The van der Waals surface area contributed by atoms with Gasteiger partial charge in [-0.3, -0.25) is 9.59 Å². The van der Waals surface area contributed by atoms with E-state index in [2.05, 4.69) is 31.3 Å². The van der Waals surface area contributed by atoms with Gasteiger partial charge in [-0.25, -0.2) is 0 Å². The lowest BCUT2D eigenvalue weighted by Crippen LogP contribution is -2.31. The summed E-state index contributed by atoms with van der Waals surface area (Å²) >= 11 is 0. The van der Waals surface area contributed by atoms with Crippen LogP contribution in [0.4, 0.5) is 0 Å². The maximum absolute atomic E-state index is 12.3. The largest absolute Gasteiger partial charge is 0.391 e. The van der Waals surface area contributed by atoms with Crippen molar-refractivity contribution < 1.29 is 14.7 Å². The third-order valence-corrected chi connectivity index (χ3v) is 13.3. The van der Waals surface area contributed by atoms with Gasteiger partial charge in [0.2, 0.25) is 5.91 Å². The Balaban J connectivity index is 3.30. The van der Waals surface area contributed by atoms with E-state index < -0.39 is 6.10 Å². The van der Waals surface area contributed by atoms with Crippen LogP contribution in [-0.2, 0) is 9.59 Å². The van der Waals surface area contributed by atoms with E-state index in [1.54, 1.807) is 0 Å². The molecule has 61 heavy (non-hydrogen) atoms. The lowest BCUT2D eigenvalue weighted by molar-refractivity contribution is -0.121. The molecule has 0 aliphatic carbocycles. The van der Waals surface area contributed by atoms with E-state index in [1.165, 1.54) is 257 Å². The Kier molecular flexibility index (Phi) is 52.2. The summed E-state index contributed by atoms with van der Waals surface area (Å²) in [6.07, 6.45) is 66.8. The van der Waals surface area contributed by atoms with Crippen molar-refractivity contribution in [3.8, 4) is 0 Å². The van der Waals surface area contributed by atoms with Gasteiger partial charge in [0.05, 0.1) is 6.10 Å². The molecule has 4 heteroatoms. The van der Waals surface area contributed by atoms with E-state index in [9.17, 15) is 14.7 Å². The molecular formula is C57H111NO3. The van der Waals surface area contributed by atoms with E-state index >= 15 is 0 Å².